The van der Waals surface area contributed by atoms with Gasteiger partial charge >= 0.3 is 6.18 Å². The highest BCUT2D eigenvalue weighted by molar-refractivity contribution is 7.89. The molecule has 0 saturated heterocycles. The molecule has 6 nitrogen and oxygen atoms in total. The van der Waals surface area contributed by atoms with Crippen LogP contribution in [0, 0.1) is 0 Å². The smallest absolute Gasteiger partial charge is 0.395 e. The van der Waals surface area contributed by atoms with Gasteiger partial charge in [0.25, 0.3) is 0 Å². The highest BCUT2D eigenvalue weighted by atomic mass is 32.2. The molecule has 0 saturated carbocycles. The Morgan fingerprint density at radius 2 is 1.95 bits per heavy atom. The first kappa shape index (κ1) is 19.1. The quantitative estimate of drug-likeness (QED) is 0.663. The van der Waals surface area contributed by atoms with Crippen molar-refractivity contribution in [2.75, 3.05) is 25.4 Å². The molecule has 0 aliphatic carbocycles. The van der Waals surface area contributed by atoms with Crippen molar-refractivity contribution in [3.8, 4) is 0 Å². The van der Waals surface area contributed by atoms with E-state index in [1.54, 1.807) is 6.92 Å². The van der Waals surface area contributed by atoms with Gasteiger partial charge in [-0.25, -0.2) is 13.1 Å². The Labute approximate surface area is 116 Å². The lowest BCUT2D eigenvalue weighted by Crippen LogP contribution is -2.50. The predicted molar refractivity (Wildman–Crippen MR) is 66.4 cm³/mol. The number of nitrogens with zero attached hydrogens (tertiary/aromatic N) is 1. The highest BCUT2D eigenvalue weighted by Crippen LogP contribution is 2.17. The minimum absolute atomic E-state index is 0.218. The predicted octanol–water partition coefficient (Wildman–Crippen LogP) is 0.0875. The van der Waals surface area contributed by atoms with E-state index in [4.69, 9.17) is 5.11 Å². The van der Waals surface area contributed by atoms with Crippen LogP contribution < -0.4 is 4.72 Å². The summed E-state index contributed by atoms with van der Waals surface area (Å²) in [5.74, 6) is -1.25. The zero-order valence-corrected chi connectivity index (χ0v) is 12.1. The monoisotopic (exact) mass is 320 g/mol. The van der Waals surface area contributed by atoms with Crippen molar-refractivity contribution in [1.29, 1.82) is 0 Å². The van der Waals surface area contributed by atoms with Gasteiger partial charge in [0.2, 0.25) is 15.9 Å². The van der Waals surface area contributed by atoms with Crippen molar-refractivity contribution in [2.45, 2.75) is 32.5 Å². The second kappa shape index (κ2) is 7.79. The maximum atomic E-state index is 12.3. The van der Waals surface area contributed by atoms with Crippen LogP contribution in [0.25, 0.3) is 0 Å². The van der Waals surface area contributed by atoms with Gasteiger partial charge in [-0.15, -0.1) is 0 Å². The molecule has 1 amide bonds. The second-order valence-electron chi connectivity index (χ2n) is 4.26. The molecule has 0 fully saturated rings. The molecule has 0 rings (SSSR count). The van der Waals surface area contributed by atoms with E-state index >= 15 is 0 Å². The number of carbonyl (C=O) groups is 1. The number of alkyl halides is 3. The number of carbonyl (C=O) groups excluding carboxylic acids is 1. The third-order valence-electron chi connectivity index (χ3n) is 2.25. The molecule has 20 heavy (non-hydrogen) atoms. The fraction of sp³-hybridized carbons (Fsp3) is 0.900. The molecular formula is C10H19F3N2O4S. The topological polar surface area (TPSA) is 86.7 Å². The zero-order chi connectivity index (χ0) is 16.0. The average molecular weight is 320 g/mol. The molecule has 0 bridgehead atoms. The van der Waals surface area contributed by atoms with Crippen LogP contribution in [0.3, 0.4) is 0 Å². The average Bonchev–Trinajstić information content (AvgIpc) is 2.24. The molecule has 0 spiro atoms. The number of aliphatic hydroxyl groups excluding tert-OH is 1. The van der Waals surface area contributed by atoms with Gasteiger partial charge in [0, 0.05) is 6.54 Å². The molecule has 0 aromatic carbocycles. The van der Waals surface area contributed by atoms with Crippen LogP contribution in [0.2, 0.25) is 0 Å². The van der Waals surface area contributed by atoms with E-state index in [0.717, 1.165) is 6.92 Å². The Bertz CT molecular complexity index is 411. The lowest BCUT2D eigenvalue weighted by atomic mass is 10.3. The summed E-state index contributed by atoms with van der Waals surface area (Å²) < 4.78 is 61.8. The second-order valence-corrected chi connectivity index (χ2v) is 6.13. The summed E-state index contributed by atoms with van der Waals surface area (Å²) in [6, 6.07) is -1.32. The van der Waals surface area contributed by atoms with Gasteiger partial charge in [-0.3, -0.25) is 4.79 Å². The summed E-state index contributed by atoms with van der Waals surface area (Å²) in [7, 11) is -3.71. The van der Waals surface area contributed by atoms with Gasteiger partial charge in [0.05, 0.1) is 18.4 Å². The molecule has 0 aliphatic heterocycles. The van der Waals surface area contributed by atoms with Crippen molar-refractivity contribution in [3.63, 3.8) is 0 Å². The first-order chi connectivity index (χ1) is 9.02. The van der Waals surface area contributed by atoms with E-state index in [9.17, 15) is 26.4 Å². The number of rotatable bonds is 8. The van der Waals surface area contributed by atoms with E-state index in [2.05, 4.69) is 0 Å². The molecule has 120 valence electrons. The first-order valence-corrected chi connectivity index (χ1v) is 7.64. The molecule has 1 atom stereocenters. The summed E-state index contributed by atoms with van der Waals surface area (Å²) in [6.45, 7) is 0.0877. The summed E-state index contributed by atoms with van der Waals surface area (Å²) in [4.78, 5) is 12.2. The normalized spacial score (nSPS) is 14.1. The fourth-order valence-electron chi connectivity index (χ4n) is 1.53. The molecule has 0 aromatic rings. The minimum atomic E-state index is -4.62. The summed E-state index contributed by atoms with van der Waals surface area (Å²) in [5, 5.41) is 8.68. The van der Waals surface area contributed by atoms with Crippen LogP contribution >= 0.6 is 0 Å². The van der Waals surface area contributed by atoms with Crippen LogP contribution in [0.1, 0.15) is 20.3 Å². The lowest BCUT2D eigenvalue weighted by Gasteiger charge is -2.26. The largest absolute Gasteiger partial charge is 0.406 e. The maximum Gasteiger partial charge on any atom is 0.406 e. The van der Waals surface area contributed by atoms with Gasteiger partial charge in [0.15, 0.2) is 0 Å². The number of nitrogens with one attached hydrogen (secondary N) is 1. The summed E-state index contributed by atoms with van der Waals surface area (Å²) in [6.07, 6.45) is -4.30. The highest BCUT2D eigenvalue weighted by Gasteiger charge is 2.34. The van der Waals surface area contributed by atoms with Gasteiger partial charge in [-0.1, -0.05) is 6.92 Å². The SMILES string of the molecule is CCCS(=O)(=O)NC(C)C(=O)N(CCO)CC(F)(F)F. The van der Waals surface area contributed by atoms with E-state index < -0.39 is 47.8 Å². The van der Waals surface area contributed by atoms with E-state index in [0.29, 0.717) is 11.3 Å². The van der Waals surface area contributed by atoms with Crippen molar-refractivity contribution in [3.05, 3.63) is 0 Å². The van der Waals surface area contributed by atoms with E-state index in [-0.39, 0.29) is 5.75 Å². The molecule has 0 aromatic heterocycles. The Balaban J connectivity index is 4.81. The standard InChI is InChI=1S/C10H19F3N2O4S/c1-3-6-20(18,19)14-8(2)9(17)15(4-5-16)7-10(11,12)13/h8,14,16H,3-7H2,1-2H3. The molecule has 2 N–H and O–H groups in total. The molecule has 0 aliphatic rings. The Hall–Kier alpha value is -0.870. The third-order valence-corrected chi connectivity index (χ3v) is 3.91. The number of aliphatic hydroxyl groups is 1. The number of hydrogen-bond acceptors (Lipinski definition) is 4. The summed E-state index contributed by atoms with van der Waals surface area (Å²) >= 11 is 0. The van der Waals surface area contributed by atoms with E-state index in [1.165, 1.54) is 0 Å². The number of sulfonamides is 1. The third kappa shape index (κ3) is 7.65. The van der Waals surface area contributed by atoms with E-state index in [1.807, 2.05) is 4.72 Å². The zero-order valence-electron chi connectivity index (χ0n) is 11.3. The Morgan fingerprint density at radius 3 is 2.35 bits per heavy atom. The Morgan fingerprint density at radius 1 is 1.40 bits per heavy atom. The minimum Gasteiger partial charge on any atom is -0.395 e. The Kier molecular flexibility index (Phi) is 7.45. The molecular weight excluding hydrogens is 301 g/mol. The molecule has 0 heterocycles. The lowest BCUT2D eigenvalue weighted by molar-refractivity contribution is -0.162. The van der Waals surface area contributed by atoms with Crippen molar-refractivity contribution in [2.24, 2.45) is 0 Å². The van der Waals surface area contributed by atoms with Crippen LogP contribution in [-0.4, -0.2) is 62.0 Å². The number of halogens is 3. The van der Waals surface area contributed by atoms with Gasteiger partial charge in [-0.2, -0.15) is 13.2 Å². The molecule has 10 heteroatoms. The first-order valence-electron chi connectivity index (χ1n) is 5.98. The van der Waals surface area contributed by atoms with Crippen LogP contribution in [0.4, 0.5) is 13.2 Å². The maximum absolute atomic E-state index is 12.3. The van der Waals surface area contributed by atoms with Crippen molar-refractivity contribution >= 4 is 15.9 Å². The molecule has 0 radical (unpaired) electrons. The van der Waals surface area contributed by atoms with Crippen LogP contribution in [0.5, 0.6) is 0 Å². The van der Waals surface area contributed by atoms with Gasteiger partial charge in [0.1, 0.15) is 6.54 Å². The van der Waals surface area contributed by atoms with Crippen molar-refractivity contribution in [1.82, 2.24) is 9.62 Å². The number of hydrogen-bond donors (Lipinski definition) is 2. The van der Waals surface area contributed by atoms with Crippen molar-refractivity contribution < 1.29 is 31.5 Å². The van der Waals surface area contributed by atoms with Gasteiger partial charge < -0.3 is 10.0 Å². The molecule has 1 unspecified atom stereocenters. The van der Waals surface area contributed by atoms with Gasteiger partial charge in [-0.05, 0) is 13.3 Å². The number of amides is 1. The fourth-order valence-corrected chi connectivity index (χ4v) is 2.82. The summed E-state index contributed by atoms with van der Waals surface area (Å²) in [5.41, 5.74) is 0. The van der Waals surface area contributed by atoms with Crippen LogP contribution in [0.15, 0.2) is 0 Å². The van der Waals surface area contributed by atoms with Crippen LogP contribution in [-0.2, 0) is 14.8 Å².